The smallest absolute Gasteiger partial charge is 0.478 e. The molecule has 0 heterocycles. The maximum absolute atomic E-state index is 12.4. The Morgan fingerprint density at radius 1 is 0.943 bits per heavy atom. The van der Waals surface area contributed by atoms with Crippen molar-refractivity contribution in [3.8, 4) is 0 Å². The summed E-state index contributed by atoms with van der Waals surface area (Å²) in [5.74, 6) is -3.31. The quantitative estimate of drug-likeness (QED) is 0.395. The van der Waals surface area contributed by atoms with Crippen molar-refractivity contribution in [3.05, 3.63) is 58.6 Å². The average molecular weight is 517 g/mol. The maximum atomic E-state index is 12.4. The second kappa shape index (κ2) is 13.0. The van der Waals surface area contributed by atoms with E-state index in [1.54, 1.807) is 36.4 Å². The molecule has 0 aliphatic heterocycles. The molecule has 3 N–H and O–H groups in total. The first kappa shape index (κ1) is 29.8. The summed E-state index contributed by atoms with van der Waals surface area (Å²) in [5.41, 5.74) is 1.73. The van der Waals surface area contributed by atoms with Crippen molar-refractivity contribution in [2.45, 2.75) is 33.9 Å². The monoisotopic (exact) mass is 516 g/mol. The Morgan fingerprint density at radius 3 is 1.83 bits per heavy atom. The third kappa shape index (κ3) is 10.3. The predicted octanol–water partition coefficient (Wildman–Crippen LogP) is 6.04. The molecule has 0 spiro atoms. The molecule has 11 heteroatoms. The lowest BCUT2D eigenvalue weighted by atomic mass is 10.1. The summed E-state index contributed by atoms with van der Waals surface area (Å²) >= 11 is 5.85. The Kier molecular flexibility index (Phi) is 11.0. The molecule has 2 aromatic carbocycles. The van der Waals surface area contributed by atoms with Crippen LogP contribution in [0.4, 0.5) is 24.5 Å². The summed E-state index contributed by atoms with van der Waals surface area (Å²) in [7, 11) is 0. The average Bonchev–Trinajstić information content (AvgIpc) is 2.72. The number of alkyl halides is 3. The van der Waals surface area contributed by atoms with Gasteiger partial charge in [-0.1, -0.05) is 39.3 Å². The van der Waals surface area contributed by atoms with Gasteiger partial charge in [0.05, 0.1) is 11.3 Å². The minimum absolute atomic E-state index is 0.176. The molecule has 0 saturated heterocycles. The van der Waals surface area contributed by atoms with E-state index in [-0.39, 0.29) is 11.5 Å². The van der Waals surface area contributed by atoms with E-state index in [4.69, 9.17) is 21.5 Å². The van der Waals surface area contributed by atoms with Gasteiger partial charge in [0.1, 0.15) is 0 Å². The van der Waals surface area contributed by atoms with Crippen LogP contribution in [0.2, 0.25) is 5.02 Å². The van der Waals surface area contributed by atoms with Crippen LogP contribution in [-0.2, 0) is 4.79 Å². The molecule has 0 aromatic heterocycles. The number of benzene rings is 2. The van der Waals surface area contributed by atoms with Crippen LogP contribution in [0.5, 0.6) is 0 Å². The Labute approximate surface area is 206 Å². The number of carboxylic acids is 2. The number of aromatic carboxylic acids is 1. The lowest BCUT2D eigenvalue weighted by Crippen LogP contribution is -2.32. The number of nitrogens with zero attached hydrogens (tertiary/aromatic N) is 1. The van der Waals surface area contributed by atoms with Gasteiger partial charge in [-0.25, -0.2) is 9.59 Å². The number of aliphatic carboxylic acids is 1. The standard InChI is InChI=1S/C22H27ClN2O3.C2HF3O2/c1-14(2)12-25(13-15(3)4)20-10-9-18(11-19(20)22(27)28)24-21(26)16-5-7-17(23)8-6-16;3-2(4,5)1(6)7/h5-11,14-15H,12-13H2,1-4H3,(H,24,26)(H,27,28);(H,6,7). The van der Waals surface area contributed by atoms with Crippen molar-refractivity contribution in [3.63, 3.8) is 0 Å². The van der Waals surface area contributed by atoms with Crippen molar-refractivity contribution in [1.82, 2.24) is 0 Å². The van der Waals surface area contributed by atoms with E-state index in [1.165, 1.54) is 6.07 Å². The first-order chi connectivity index (χ1) is 16.1. The molecule has 0 saturated carbocycles. The normalized spacial score (nSPS) is 11.0. The van der Waals surface area contributed by atoms with Gasteiger partial charge in [-0.3, -0.25) is 4.79 Å². The van der Waals surface area contributed by atoms with Crippen LogP contribution in [0.25, 0.3) is 0 Å². The summed E-state index contributed by atoms with van der Waals surface area (Å²) in [5, 5.41) is 20.2. The Bertz CT molecular complexity index is 1010. The zero-order valence-corrected chi connectivity index (χ0v) is 20.4. The third-order valence-corrected chi connectivity index (χ3v) is 4.60. The van der Waals surface area contributed by atoms with Gasteiger partial charge in [-0.15, -0.1) is 0 Å². The molecule has 7 nitrogen and oxygen atoms in total. The van der Waals surface area contributed by atoms with Gasteiger partial charge in [-0.2, -0.15) is 13.2 Å². The molecule has 0 aliphatic carbocycles. The lowest BCUT2D eigenvalue weighted by molar-refractivity contribution is -0.192. The zero-order chi connectivity index (χ0) is 26.9. The first-order valence-corrected chi connectivity index (χ1v) is 11.0. The summed E-state index contributed by atoms with van der Waals surface area (Å²) in [4.78, 5) is 35.3. The summed E-state index contributed by atoms with van der Waals surface area (Å²) in [6.45, 7) is 9.94. The number of amides is 1. The number of carbonyl (C=O) groups excluding carboxylic acids is 1. The van der Waals surface area contributed by atoms with Crippen molar-refractivity contribution in [1.29, 1.82) is 0 Å². The second-order valence-electron chi connectivity index (χ2n) is 8.49. The van der Waals surface area contributed by atoms with E-state index >= 15 is 0 Å². The van der Waals surface area contributed by atoms with Gasteiger partial charge < -0.3 is 20.4 Å². The first-order valence-electron chi connectivity index (χ1n) is 10.6. The zero-order valence-electron chi connectivity index (χ0n) is 19.7. The van der Waals surface area contributed by atoms with E-state index < -0.39 is 18.1 Å². The van der Waals surface area contributed by atoms with Crippen molar-refractivity contribution < 1.29 is 37.8 Å². The summed E-state index contributed by atoms with van der Waals surface area (Å²) < 4.78 is 31.7. The van der Waals surface area contributed by atoms with Crippen LogP contribution in [0.3, 0.4) is 0 Å². The highest BCUT2D eigenvalue weighted by Crippen LogP contribution is 2.27. The van der Waals surface area contributed by atoms with E-state index in [2.05, 4.69) is 37.9 Å². The molecule has 0 radical (unpaired) electrons. The SMILES string of the molecule is CC(C)CN(CC(C)C)c1ccc(NC(=O)c2ccc(Cl)cc2)cc1C(=O)O.O=C(O)C(F)(F)F. The van der Waals surface area contributed by atoms with E-state index in [0.717, 1.165) is 13.1 Å². The predicted molar refractivity (Wildman–Crippen MR) is 128 cm³/mol. The number of carboxylic acid groups (broad SMARTS) is 2. The van der Waals surface area contributed by atoms with Gasteiger partial charge in [0.2, 0.25) is 0 Å². The number of anilines is 2. The van der Waals surface area contributed by atoms with Gasteiger partial charge in [0, 0.05) is 29.4 Å². The number of carbonyl (C=O) groups is 3. The largest absolute Gasteiger partial charge is 0.490 e. The number of hydrogen-bond acceptors (Lipinski definition) is 4. The van der Waals surface area contributed by atoms with E-state index in [1.807, 2.05) is 0 Å². The second-order valence-corrected chi connectivity index (χ2v) is 8.93. The number of halogens is 4. The van der Waals surface area contributed by atoms with Crippen molar-refractivity contribution >= 4 is 40.8 Å². The van der Waals surface area contributed by atoms with Crippen molar-refractivity contribution in [2.24, 2.45) is 11.8 Å². The Morgan fingerprint density at radius 2 is 1.43 bits per heavy atom. The van der Waals surface area contributed by atoms with Crippen LogP contribution < -0.4 is 10.2 Å². The van der Waals surface area contributed by atoms with Crippen LogP contribution in [0, 0.1) is 11.8 Å². The highest BCUT2D eigenvalue weighted by Gasteiger charge is 2.38. The van der Waals surface area contributed by atoms with E-state index in [9.17, 15) is 27.9 Å². The van der Waals surface area contributed by atoms with Gasteiger partial charge >= 0.3 is 18.1 Å². The van der Waals surface area contributed by atoms with Crippen LogP contribution >= 0.6 is 11.6 Å². The minimum Gasteiger partial charge on any atom is -0.478 e. The highest BCUT2D eigenvalue weighted by atomic mass is 35.5. The molecule has 35 heavy (non-hydrogen) atoms. The van der Waals surface area contributed by atoms with Gasteiger partial charge in [-0.05, 0) is 54.3 Å². The molecule has 0 aliphatic rings. The molecule has 2 rings (SSSR count). The van der Waals surface area contributed by atoms with E-state index in [0.29, 0.717) is 33.8 Å². The fourth-order valence-electron chi connectivity index (χ4n) is 3.02. The molecule has 0 atom stereocenters. The topological polar surface area (TPSA) is 107 Å². The highest BCUT2D eigenvalue weighted by molar-refractivity contribution is 6.30. The maximum Gasteiger partial charge on any atom is 0.490 e. The summed E-state index contributed by atoms with van der Waals surface area (Å²) in [6, 6.07) is 11.5. The van der Waals surface area contributed by atoms with Crippen LogP contribution in [0.15, 0.2) is 42.5 Å². The van der Waals surface area contributed by atoms with Gasteiger partial charge in [0.15, 0.2) is 0 Å². The Hall–Kier alpha value is -3.27. The molecule has 0 bridgehead atoms. The fourth-order valence-corrected chi connectivity index (χ4v) is 3.14. The number of hydrogen-bond donors (Lipinski definition) is 3. The molecule has 2 aromatic rings. The molecular weight excluding hydrogens is 489 g/mol. The molecule has 0 fully saturated rings. The number of rotatable bonds is 8. The van der Waals surface area contributed by atoms with Gasteiger partial charge in [0.25, 0.3) is 5.91 Å². The lowest BCUT2D eigenvalue weighted by Gasteiger charge is -2.30. The summed E-state index contributed by atoms with van der Waals surface area (Å²) in [6.07, 6.45) is -5.08. The van der Waals surface area contributed by atoms with Crippen LogP contribution in [-0.4, -0.2) is 47.3 Å². The fraction of sp³-hybridized carbons (Fsp3) is 0.375. The molecule has 0 unspecified atom stereocenters. The Balaban J connectivity index is 0.000000762. The van der Waals surface area contributed by atoms with Crippen molar-refractivity contribution in [2.75, 3.05) is 23.3 Å². The minimum atomic E-state index is -5.08. The molecule has 1 amide bonds. The van der Waals surface area contributed by atoms with Crippen LogP contribution in [0.1, 0.15) is 48.4 Å². The molecular formula is C24H28ClF3N2O5. The number of nitrogens with one attached hydrogen (secondary N) is 1. The third-order valence-electron chi connectivity index (χ3n) is 4.35. The molecule has 192 valence electrons.